The fourth-order valence-electron chi connectivity index (χ4n) is 0. The van der Waals surface area contributed by atoms with Crippen LogP contribution in [0.5, 0.6) is 0 Å². The first-order chi connectivity index (χ1) is 15.3. The first kappa shape index (κ1) is 64.3. The van der Waals surface area contributed by atoms with Gasteiger partial charge in [-0.25, -0.2) is 0 Å². The van der Waals surface area contributed by atoms with Crippen LogP contribution in [0.3, 0.4) is 0 Å². The Balaban J connectivity index is -0.0000000237. The van der Waals surface area contributed by atoms with Gasteiger partial charge >= 0.3 is 0 Å². The Hall–Kier alpha value is 0. The summed E-state index contributed by atoms with van der Waals surface area (Å²) in [6.07, 6.45) is 5.00. The van der Waals surface area contributed by atoms with Gasteiger partial charge in [0.05, 0.1) is 0 Å². The van der Waals surface area contributed by atoms with Gasteiger partial charge in [-0.1, -0.05) is 199 Å². The quantitative estimate of drug-likeness (QED) is 0.312. The zero-order chi connectivity index (χ0) is 30.7. The average molecular weight is 497 g/mol. The summed E-state index contributed by atoms with van der Waals surface area (Å²) in [7, 11) is 0. The SMILES string of the molecule is CC.CC(C)C.CC(C)C.CC(C)C.CC(C)C.CC(C)C.CCC.CCC.CCC.CCC. The molecule has 0 atom stereocenters. The van der Waals surface area contributed by atoms with Gasteiger partial charge in [-0.05, 0) is 29.6 Å². The van der Waals surface area contributed by atoms with Crippen molar-refractivity contribution in [3.05, 3.63) is 0 Å². The predicted molar refractivity (Wildman–Crippen MR) is 178 cm³/mol. The van der Waals surface area contributed by atoms with Crippen molar-refractivity contribution in [3.63, 3.8) is 0 Å². The van der Waals surface area contributed by atoms with Crippen molar-refractivity contribution in [2.24, 2.45) is 29.6 Å². The van der Waals surface area contributed by atoms with E-state index in [0.717, 1.165) is 29.6 Å². The Labute approximate surface area is 228 Å². The highest BCUT2D eigenvalue weighted by Crippen LogP contribution is 1.82. The smallest absolute Gasteiger partial charge is 0.0500 e. The molecule has 0 unspecified atom stereocenters. The van der Waals surface area contributed by atoms with E-state index >= 15 is 0 Å². The Morgan fingerprint density at radius 2 is 0.235 bits per heavy atom. The first-order valence-corrected chi connectivity index (χ1v) is 15.3. The van der Waals surface area contributed by atoms with Gasteiger partial charge in [0.2, 0.25) is 0 Å². The summed E-state index contributed by atoms with van der Waals surface area (Å²) >= 11 is 0. The molecular weight excluding hydrogens is 408 g/mol. The van der Waals surface area contributed by atoms with Gasteiger partial charge < -0.3 is 0 Å². The lowest BCUT2D eigenvalue weighted by Gasteiger charge is -1.79. The topological polar surface area (TPSA) is 0 Å². The summed E-state index contributed by atoms with van der Waals surface area (Å²) in [6, 6.07) is 0. The van der Waals surface area contributed by atoms with Crippen LogP contribution in [0.15, 0.2) is 0 Å². The van der Waals surface area contributed by atoms with Crippen LogP contribution in [0.4, 0.5) is 0 Å². The van der Waals surface area contributed by atoms with Crippen LogP contribution in [-0.4, -0.2) is 0 Å². The van der Waals surface area contributed by atoms with E-state index in [1.807, 2.05) is 13.8 Å². The third kappa shape index (κ3) is 0. The molecule has 0 heteroatoms. The molecule has 0 saturated carbocycles. The van der Waals surface area contributed by atoms with E-state index in [1.165, 1.54) is 25.7 Å². The number of hydrogen-bond donors (Lipinski definition) is 0. The molecule has 0 heterocycles. The molecule has 0 aromatic heterocycles. The molecule has 0 bridgehead atoms. The second kappa shape index (κ2) is 93.6. The van der Waals surface area contributed by atoms with Gasteiger partial charge in [-0.2, -0.15) is 0 Å². The largest absolute Gasteiger partial charge is 0.0683 e. The van der Waals surface area contributed by atoms with Gasteiger partial charge in [0.1, 0.15) is 0 Å². The van der Waals surface area contributed by atoms with E-state index in [9.17, 15) is 0 Å². The maximum Gasteiger partial charge on any atom is -0.0500 e. The molecule has 0 fully saturated rings. The summed E-state index contributed by atoms with van der Waals surface area (Å²) < 4.78 is 0. The molecule has 0 aliphatic rings. The average Bonchev–Trinajstić information content (AvgIpc) is 2.56. The molecule has 0 amide bonds. The highest BCUT2D eigenvalue weighted by molar-refractivity contribution is 4.22. The zero-order valence-corrected chi connectivity index (χ0v) is 30.7. The molecule has 0 aromatic rings. The fraction of sp³-hybridized carbons (Fsp3) is 1.00. The van der Waals surface area contributed by atoms with E-state index in [2.05, 4.69) is 159 Å². The lowest BCUT2D eigenvalue weighted by molar-refractivity contribution is 0.736. The fourth-order valence-corrected chi connectivity index (χ4v) is 0. The molecule has 0 aliphatic heterocycles. The monoisotopic (exact) mass is 497 g/mol. The molecule has 224 valence electrons. The number of rotatable bonds is 0. The second-order valence-electron chi connectivity index (χ2n) is 11.5. The van der Waals surface area contributed by atoms with Crippen molar-refractivity contribution < 1.29 is 0 Å². The Morgan fingerprint density at radius 3 is 0.235 bits per heavy atom. The normalized spacial score (nSPS) is 7.59. The molecule has 0 saturated heterocycles. The highest BCUT2D eigenvalue weighted by Gasteiger charge is 1.69. The summed E-state index contributed by atoms with van der Waals surface area (Å²) in [4.78, 5) is 0. The summed E-state index contributed by atoms with van der Waals surface area (Å²) in [6.45, 7) is 53.5. The van der Waals surface area contributed by atoms with Crippen LogP contribution in [0.2, 0.25) is 0 Å². The second-order valence-corrected chi connectivity index (χ2v) is 11.5. The van der Waals surface area contributed by atoms with Crippen LogP contribution in [-0.2, 0) is 0 Å². The molecule has 0 aliphatic carbocycles. The molecule has 34 heavy (non-hydrogen) atoms. The maximum absolute atomic E-state index is 2.17. The third-order valence-electron chi connectivity index (χ3n) is 0. The van der Waals surface area contributed by atoms with Gasteiger partial charge in [0.15, 0.2) is 0 Å². The van der Waals surface area contributed by atoms with Crippen LogP contribution in [0.25, 0.3) is 0 Å². The van der Waals surface area contributed by atoms with Crippen LogP contribution < -0.4 is 0 Å². The summed E-state index contributed by atoms with van der Waals surface area (Å²) in [5.41, 5.74) is 0. The Kier molecular flexibility index (Phi) is 177. The molecule has 0 rings (SSSR count). The van der Waals surface area contributed by atoms with E-state index in [-0.39, 0.29) is 0 Å². The molecular formula is C34H88. The lowest BCUT2D eigenvalue weighted by Crippen LogP contribution is -1.66. The minimum atomic E-state index is 0.833. The molecule has 0 nitrogen and oxygen atoms in total. The van der Waals surface area contributed by atoms with Crippen molar-refractivity contribution >= 4 is 0 Å². The van der Waals surface area contributed by atoms with Gasteiger partial charge in [-0.3, -0.25) is 0 Å². The van der Waals surface area contributed by atoms with Crippen molar-refractivity contribution in [3.8, 4) is 0 Å². The van der Waals surface area contributed by atoms with E-state index in [1.54, 1.807) is 0 Å². The van der Waals surface area contributed by atoms with Crippen molar-refractivity contribution in [2.75, 3.05) is 0 Å². The maximum atomic E-state index is 2.17. The van der Waals surface area contributed by atoms with Gasteiger partial charge in [0.25, 0.3) is 0 Å². The van der Waals surface area contributed by atoms with Crippen molar-refractivity contribution in [1.82, 2.24) is 0 Å². The first-order valence-electron chi connectivity index (χ1n) is 15.3. The molecule has 0 N–H and O–H groups in total. The Morgan fingerprint density at radius 1 is 0.235 bits per heavy atom. The predicted octanol–water partition coefficient (Wildman–Crippen LogP) is 15.0. The highest BCUT2D eigenvalue weighted by atomic mass is 13.8. The zero-order valence-electron chi connectivity index (χ0n) is 30.7. The van der Waals surface area contributed by atoms with Crippen LogP contribution in [0, 0.1) is 29.6 Å². The Bertz CT molecular complexity index is 94.8. The third-order valence-corrected chi connectivity index (χ3v) is 0. The summed E-state index contributed by atoms with van der Waals surface area (Å²) in [5.74, 6) is 4.17. The van der Waals surface area contributed by atoms with Gasteiger partial charge in [-0.15, -0.1) is 0 Å². The summed E-state index contributed by atoms with van der Waals surface area (Å²) in [5, 5.41) is 0. The van der Waals surface area contributed by atoms with Crippen molar-refractivity contribution in [1.29, 1.82) is 0 Å². The minimum absolute atomic E-state index is 0.833. The molecule has 0 aromatic carbocycles. The molecule has 0 spiro atoms. The standard InChI is InChI=1S/5C4H10.4C3H8.C2H6/c5*1-4(2)3;4*1-3-2;1-2/h5*4H,1-3H3;4*3H2,1-2H3;1-2H3. The van der Waals surface area contributed by atoms with E-state index in [4.69, 9.17) is 0 Å². The number of hydrogen-bond acceptors (Lipinski definition) is 0. The van der Waals surface area contributed by atoms with Crippen molar-refractivity contribution in [2.45, 2.75) is 199 Å². The minimum Gasteiger partial charge on any atom is -0.0683 e. The van der Waals surface area contributed by atoms with E-state index in [0.29, 0.717) is 0 Å². The lowest BCUT2D eigenvalue weighted by atomic mass is 10.3. The van der Waals surface area contributed by atoms with Crippen LogP contribution in [0.1, 0.15) is 199 Å². The van der Waals surface area contributed by atoms with Crippen LogP contribution >= 0.6 is 0 Å². The molecule has 0 radical (unpaired) electrons. The van der Waals surface area contributed by atoms with E-state index < -0.39 is 0 Å². The van der Waals surface area contributed by atoms with Gasteiger partial charge in [0, 0.05) is 0 Å².